The van der Waals surface area contributed by atoms with Crippen LogP contribution in [-0.4, -0.2) is 34.1 Å². The Morgan fingerprint density at radius 1 is 1.25 bits per heavy atom. The van der Waals surface area contributed by atoms with Crippen LogP contribution in [0.4, 0.5) is 8.78 Å². The zero-order valence-electron chi connectivity index (χ0n) is 18.4. The number of nitrogens with zero attached hydrogens (tertiary/aromatic N) is 1. The summed E-state index contributed by atoms with van der Waals surface area (Å²) in [6, 6.07) is 2.94. The number of carbonyl (C=O) groups excluding carboxylic acids is 2. The molecule has 32 heavy (non-hydrogen) atoms. The number of nitrogens with one attached hydrogen (secondary N) is 1. The number of benzene rings is 1. The van der Waals surface area contributed by atoms with Gasteiger partial charge in [0.1, 0.15) is 22.9 Å². The number of methoxy groups -OCH3 is 1. The normalized spacial score (nSPS) is 22.4. The van der Waals surface area contributed by atoms with Crippen LogP contribution in [0, 0.1) is 17.0 Å². The van der Waals surface area contributed by atoms with E-state index in [0.717, 1.165) is 6.07 Å². The van der Waals surface area contributed by atoms with E-state index in [1.807, 2.05) is 0 Å². The van der Waals surface area contributed by atoms with Gasteiger partial charge in [-0.05, 0) is 25.8 Å². The molecular weight excluding hydrogens is 422 g/mol. The van der Waals surface area contributed by atoms with Crippen LogP contribution >= 0.6 is 0 Å². The molecule has 172 valence electrons. The standard InChI is InChI=1S/C23H26F2N2O5/c1-5-22(3)20(29)17-19(32-4)18(28)15(11-27(17)12-23(22,31)6-2)21(30)26-10-13-7-8-14(24)9-16(13)25/h7-9,11,31H,5-6,10,12H2,1-4H3,(H,26,30). The van der Waals surface area contributed by atoms with Gasteiger partial charge in [-0.15, -0.1) is 0 Å². The first-order valence-electron chi connectivity index (χ1n) is 10.3. The van der Waals surface area contributed by atoms with Crippen molar-refractivity contribution < 1.29 is 28.2 Å². The van der Waals surface area contributed by atoms with E-state index in [0.29, 0.717) is 12.5 Å². The first kappa shape index (κ1) is 23.6. The number of fused-ring (bicyclic) bond motifs is 1. The minimum atomic E-state index is -1.39. The van der Waals surface area contributed by atoms with Crippen LogP contribution in [0.15, 0.2) is 29.2 Å². The van der Waals surface area contributed by atoms with Crippen molar-refractivity contribution in [2.75, 3.05) is 7.11 Å². The molecular formula is C23H26F2N2O5. The number of rotatable bonds is 6. The Labute approximate surface area is 184 Å². The largest absolute Gasteiger partial charge is 0.491 e. The van der Waals surface area contributed by atoms with E-state index in [1.54, 1.807) is 20.8 Å². The van der Waals surface area contributed by atoms with Crippen molar-refractivity contribution in [3.8, 4) is 5.75 Å². The van der Waals surface area contributed by atoms with Crippen LogP contribution in [0.1, 0.15) is 60.0 Å². The number of aromatic nitrogens is 1. The maximum atomic E-state index is 13.9. The summed E-state index contributed by atoms with van der Waals surface area (Å²) in [6.45, 7) is 4.91. The van der Waals surface area contributed by atoms with Crippen molar-refractivity contribution in [3.63, 3.8) is 0 Å². The molecule has 2 N–H and O–H groups in total. The zero-order chi connectivity index (χ0) is 23.8. The number of ketones is 1. The Hall–Kier alpha value is -3.07. The lowest BCUT2D eigenvalue weighted by molar-refractivity contribution is -0.0829. The van der Waals surface area contributed by atoms with Gasteiger partial charge in [-0.1, -0.05) is 19.9 Å². The molecule has 2 atom stereocenters. The zero-order valence-corrected chi connectivity index (χ0v) is 18.4. The molecule has 0 saturated carbocycles. The lowest BCUT2D eigenvalue weighted by Crippen LogP contribution is -2.58. The molecule has 0 spiro atoms. The Bertz CT molecular complexity index is 1150. The van der Waals surface area contributed by atoms with Crippen LogP contribution in [0.5, 0.6) is 5.75 Å². The molecule has 1 aliphatic rings. The van der Waals surface area contributed by atoms with E-state index >= 15 is 0 Å². The Kier molecular flexibility index (Phi) is 6.24. The second-order valence-electron chi connectivity index (χ2n) is 8.20. The fraction of sp³-hybridized carbons (Fsp3) is 0.435. The second-order valence-corrected chi connectivity index (χ2v) is 8.20. The third kappa shape index (κ3) is 3.60. The third-order valence-corrected chi connectivity index (χ3v) is 6.61. The molecule has 1 aliphatic heterocycles. The maximum absolute atomic E-state index is 13.9. The van der Waals surface area contributed by atoms with Gasteiger partial charge in [0.05, 0.1) is 24.7 Å². The summed E-state index contributed by atoms with van der Waals surface area (Å²) < 4.78 is 33.5. The number of pyridine rings is 1. The van der Waals surface area contributed by atoms with Gasteiger partial charge < -0.3 is 19.7 Å². The first-order chi connectivity index (χ1) is 15.0. The highest BCUT2D eigenvalue weighted by Gasteiger charge is 2.55. The molecule has 2 heterocycles. The topological polar surface area (TPSA) is 97.6 Å². The quantitative estimate of drug-likeness (QED) is 0.708. The number of hydrogen-bond donors (Lipinski definition) is 2. The molecule has 0 radical (unpaired) electrons. The van der Waals surface area contributed by atoms with Gasteiger partial charge in [0.25, 0.3) is 5.91 Å². The number of amides is 1. The highest BCUT2D eigenvalue weighted by atomic mass is 19.1. The van der Waals surface area contributed by atoms with Gasteiger partial charge in [-0.2, -0.15) is 0 Å². The Morgan fingerprint density at radius 2 is 1.94 bits per heavy atom. The molecule has 2 unspecified atom stereocenters. The monoisotopic (exact) mass is 448 g/mol. The van der Waals surface area contributed by atoms with Crippen LogP contribution in [0.3, 0.4) is 0 Å². The van der Waals surface area contributed by atoms with Crippen molar-refractivity contribution in [2.45, 2.75) is 52.3 Å². The van der Waals surface area contributed by atoms with Crippen molar-refractivity contribution in [2.24, 2.45) is 5.41 Å². The Balaban J connectivity index is 2.03. The molecule has 0 saturated heterocycles. The summed E-state index contributed by atoms with van der Waals surface area (Å²) in [6.07, 6.45) is 1.84. The summed E-state index contributed by atoms with van der Waals surface area (Å²) in [4.78, 5) is 39.1. The molecule has 1 aromatic carbocycles. The fourth-order valence-corrected chi connectivity index (χ4v) is 4.20. The van der Waals surface area contributed by atoms with Gasteiger partial charge in [0.2, 0.25) is 5.43 Å². The minimum Gasteiger partial charge on any atom is -0.491 e. The average Bonchev–Trinajstić information content (AvgIpc) is 2.76. The summed E-state index contributed by atoms with van der Waals surface area (Å²) in [7, 11) is 1.23. The maximum Gasteiger partial charge on any atom is 0.257 e. The summed E-state index contributed by atoms with van der Waals surface area (Å²) in [5.74, 6) is -3.12. The molecule has 3 rings (SSSR count). The summed E-state index contributed by atoms with van der Waals surface area (Å²) in [5, 5.41) is 13.7. The van der Waals surface area contributed by atoms with Crippen LogP contribution in [-0.2, 0) is 13.1 Å². The summed E-state index contributed by atoms with van der Waals surface area (Å²) in [5.41, 5.74) is -3.59. The number of halogens is 2. The molecule has 0 bridgehead atoms. The highest BCUT2D eigenvalue weighted by Crippen LogP contribution is 2.46. The fourth-order valence-electron chi connectivity index (χ4n) is 4.20. The molecule has 7 nitrogen and oxygen atoms in total. The van der Waals surface area contributed by atoms with Gasteiger partial charge in [-0.25, -0.2) is 8.78 Å². The molecule has 0 fully saturated rings. The predicted molar refractivity (Wildman–Crippen MR) is 113 cm³/mol. The van der Waals surface area contributed by atoms with E-state index in [9.17, 15) is 28.3 Å². The molecule has 0 aliphatic carbocycles. The van der Waals surface area contributed by atoms with E-state index < -0.39 is 39.8 Å². The van der Waals surface area contributed by atoms with Gasteiger partial charge in [0, 0.05) is 24.4 Å². The minimum absolute atomic E-state index is 0.00102. The van der Waals surface area contributed by atoms with Crippen molar-refractivity contribution in [1.82, 2.24) is 9.88 Å². The van der Waals surface area contributed by atoms with Crippen LogP contribution in [0.25, 0.3) is 0 Å². The molecule has 1 amide bonds. The molecule has 2 aromatic rings. The van der Waals surface area contributed by atoms with E-state index in [2.05, 4.69) is 5.32 Å². The lowest BCUT2D eigenvalue weighted by Gasteiger charge is -2.47. The Morgan fingerprint density at radius 3 is 2.50 bits per heavy atom. The van der Waals surface area contributed by atoms with Crippen molar-refractivity contribution >= 4 is 11.7 Å². The number of aliphatic hydroxyl groups is 1. The van der Waals surface area contributed by atoms with Gasteiger partial charge >= 0.3 is 0 Å². The predicted octanol–water partition coefficient (Wildman–Crippen LogP) is 2.82. The number of hydrogen-bond acceptors (Lipinski definition) is 5. The third-order valence-electron chi connectivity index (χ3n) is 6.61. The number of ether oxygens (including phenoxy) is 1. The van der Waals surface area contributed by atoms with Crippen molar-refractivity contribution in [3.05, 3.63) is 63.1 Å². The van der Waals surface area contributed by atoms with Crippen LogP contribution < -0.4 is 15.5 Å². The SMILES string of the molecule is CCC1(O)Cn2cc(C(=O)NCc3ccc(F)cc3F)c(=O)c(OC)c2C(=O)C1(C)CC. The number of carbonyl (C=O) groups is 2. The molecule has 9 heteroatoms. The first-order valence-corrected chi connectivity index (χ1v) is 10.3. The van der Waals surface area contributed by atoms with Crippen molar-refractivity contribution in [1.29, 1.82) is 0 Å². The van der Waals surface area contributed by atoms with Crippen LogP contribution in [0.2, 0.25) is 0 Å². The summed E-state index contributed by atoms with van der Waals surface area (Å²) >= 11 is 0. The van der Waals surface area contributed by atoms with E-state index in [-0.39, 0.29) is 42.1 Å². The average molecular weight is 448 g/mol. The smallest absolute Gasteiger partial charge is 0.257 e. The van der Waals surface area contributed by atoms with E-state index in [4.69, 9.17) is 4.74 Å². The van der Waals surface area contributed by atoms with Gasteiger partial charge in [0.15, 0.2) is 11.5 Å². The lowest BCUT2D eigenvalue weighted by atomic mass is 9.64. The number of Topliss-reactive ketones (excluding diaryl/α,β-unsaturated/α-hetero) is 1. The second kappa shape index (κ2) is 8.46. The highest BCUT2D eigenvalue weighted by molar-refractivity contribution is 6.04. The molecule has 1 aromatic heterocycles. The van der Waals surface area contributed by atoms with Gasteiger partial charge in [-0.3, -0.25) is 14.4 Å². The van der Waals surface area contributed by atoms with E-state index in [1.165, 1.54) is 23.9 Å².